The number of nitrogens with one attached hydrogen (secondary N) is 2. The monoisotopic (exact) mass is 402 g/mol. The molecule has 1 heterocycles. The quantitative estimate of drug-likeness (QED) is 0.619. The van der Waals surface area contributed by atoms with Gasteiger partial charge in [0.25, 0.3) is 11.5 Å². The molecule has 0 aliphatic heterocycles. The van der Waals surface area contributed by atoms with Gasteiger partial charge in [-0.25, -0.2) is 4.79 Å². The Bertz CT molecular complexity index is 1210. The number of aromatic nitrogens is 1. The number of anilines is 1. The Labute approximate surface area is 171 Å². The Morgan fingerprint density at radius 3 is 2.47 bits per heavy atom. The van der Waals surface area contributed by atoms with Crippen LogP contribution in [0.5, 0.6) is 0 Å². The van der Waals surface area contributed by atoms with Crippen molar-refractivity contribution in [3.05, 3.63) is 99.0 Å². The summed E-state index contributed by atoms with van der Waals surface area (Å²) in [7, 11) is 0. The fraction of sp³-hybridized carbons (Fsp3) is 0.130. The number of fused-ring (bicyclic) bond motifs is 1. The number of hydrogen-bond acceptors (Lipinski definition) is 4. The molecule has 1 aliphatic rings. The number of aromatic carboxylic acids is 1. The van der Waals surface area contributed by atoms with Crippen LogP contribution in [0.15, 0.2) is 65.5 Å². The lowest BCUT2D eigenvalue weighted by atomic mass is 9.81. The van der Waals surface area contributed by atoms with E-state index in [2.05, 4.69) is 10.3 Å². The van der Waals surface area contributed by atoms with Crippen molar-refractivity contribution in [3.8, 4) is 0 Å². The van der Waals surface area contributed by atoms with Crippen molar-refractivity contribution in [3.63, 3.8) is 0 Å². The largest absolute Gasteiger partial charge is 0.478 e. The Balaban J connectivity index is 1.61. The number of benzene rings is 2. The Morgan fingerprint density at radius 1 is 0.967 bits per heavy atom. The van der Waals surface area contributed by atoms with E-state index in [0.717, 1.165) is 5.56 Å². The number of carbonyl (C=O) groups excluding carboxylic acids is 2. The lowest BCUT2D eigenvalue weighted by Crippen LogP contribution is -2.29. The fourth-order valence-corrected chi connectivity index (χ4v) is 3.69. The van der Waals surface area contributed by atoms with Gasteiger partial charge in [-0.15, -0.1) is 0 Å². The van der Waals surface area contributed by atoms with Gasteiger partial charge in [0, 0.05) is 23.4 Å². The van der Waals surface area contributed by atoms with E-state index >= 15 is 0 Å². The van der Waals surface area contributed by atoms with E-state index in [1.54, 1.807) is 0 Å². The molecule has 2 aromatic carbocycles. The van der Waals surface area contributed by atoms with E-state index in [1.807, 2.05) is 30.3 Å². The highest BCUT2D eigenvalue weighted by molar-refractivity contribution is 6.07. The van der Waals surface area contributed by atoms with Gasteiger partial charge < -0.3 is 15.4 Å². The van der Waals surface area contributed by atoms with E-state index in [0.29, 0.717) is 24.1 Å². The van der Waals surface area contributed by atoms with E-state index in [-0.39, 0.29) is 28.5 Å². The van der Waals surface area contributed by atoms with Gasteiger partial charge in [0.1, 0.15) is 5.56 Å². The van der Waals surface area contributed by atoms with Crippen molar-refractivity contribution in [1.29, 1.82) is 0 Å². The summed E-state index contributed by atoms with van der Waals surface area (Å²) in [4.78, 5) is 51.6. The first-order chi connectivity index (χ1) is 14.4. The van der Waals surface area contributed by atoms with Crippen LogP contribution in [0.4, 0.5) is 5.69 Å². The molecule has 0 radical (unpaired) electrons. The van der Waals surface area contributed by atoms with Gasteiger partial charge in [-0.2, -0.15) is 0 Å². The normalized spacial score (nSPS) is 15.3. The van der Waals surface area contributed by atoms with Crippen LogP contribution in [0.2, 0.25) is 0 Å². The first kappa shape index (κ1) is 19.3. The average Bonchev–Trinajstić information content (AvgIpc) is 2.74. The van der Waals surface area contributed by atoms with Crippen LogP contribution in [-0.4, -0.2) is 27.8 Å². The number of amides is 1. The van der Waals surface area contributed by atoms with Crippen molar-refractivity contribution in [1.82, 2.24) is 4.98 Å². The van der Waals surface area contributed by atoms with Crippen molar-refractivity contribution >= 4 is 23.3 Å². The molecule has 0 fully saturated rings. The highest BCUT2D eigenvalue weighted by Gasteiger charge is 2.28. The topological polar surface area (TPSA) is 116 Å². The Morgan fingerprint density at radius 2 is 1.73 bits per heavy atom. The molecule has 0 saturated carbocycles. The molecular formula is C23H18N2O5. The van der Waals surface area contributed by atoms with Crippen molar-refractivity contribution < 1.29 is 19.5 Å². The Kier molecular flexibility index (Phi) is 5.02. The van der Waals surface area contributed by atoms with Gasteiger partial charge in [0.15, 0.2) is 5.78 Å². The van der Waals surface area contributed by atoms with Gasteiger partial charge in [-0.3, -0.25) is 14.4 Å². The minimum Gasteiger partial charge on any atom is -0.478 e. The molecule has 7 heteroatoms. The first-order valence-corrected chi connectivity index (χ1v) is 9.41. The standard InChI is InChI=1S/C23H18N2O5/c26-20-11-15(13-5-2-1-3-6-13)10-19-17(20)12-18(22(28)25-19)21(27)24-16-8-4-7-14(9-16)23(29)30/h1-9,12,15H,10-11H2,(H,24,27)(H,25,28)(H,29,30). The van der Waals surface area contributed by atoms with Gasteiger partial charge in [0.05, 0.1) is 5.56 Å². The molecule has 30 heavy (non-hydrogen) atoms. The molecule has 4 rings (SSSR count). The molecule has 3 N–H and O–H groups in total. The lowest BCUT2D eigenvalue weighted by Gasteiger charge is -2.24. The van der Waals surface area contributed by atoms with Crippen LogP contribution in [0.25, 0.3) is 0 Å². The molecule has 0 bridgehead atoms. The van der Waals surface area contributed by atoms with Crippen molar-refractivity contribution in [2.75, 3.05) is 5.32 Å². The second-order valence-electron chi connectivity index (χ2n) is 7.18. The maximum Gasteiger partial charge on any atom is 0.335 e. The van der Waals surface area contributed by atoms with Gasteiger partial charge in [-0.05, 0) is 42.2 Å². The van der Waals surface area contributed by atoms with Crippen molar-refractivity contribution in [2.45, 2.75) is 18.8 Å². The van der Waals surface area contributed by atoms with Gasteiger partial charge in [-0.1, -0.05) is 36.4 Å². The fourth-order valence-electron chi connectivity index (χ4n) is 3.69. The highest BCUT2D eigenvalue weighted by atomic mass is 16.4. The number of rotatable bonds is 4. The lowest BCUT2D eigenvalue weighted by molar-refractivity contribution is 0.0696. The maximum absolute atomic E-state index is 12.7. The van der Waals surface area contributed by atoms with Crippen LogP contribution in [0.1, 0.15) is 54.7 Å². The summed E-state index contributed by atoms with van der Waals surface area (Å²) in [5.74, 6) is -2.00. The highest BCUT2D eigenvalue weighted by Crippen LogP contribution is 2.31. The summed E-state index contributed by atoms with van der Waals surface area (Å²) < 4.78 is 0. The minimum atomic E-state index is -1.13. The molecule has 0 spiro atoms. The third-order valence-corrected chi connectivity index (χ3v) is 5.19. The summed E-state index contributed by atoms with van der Waals surface area (Å²) in [5.41, 5.74) is 1.35. The predicted molar refractivity (Wildman–Crippen MR) is 110 cm³/mol. The molecule has 1 aliphatic carbocycles. The number of H-pyrrole nitrogens is 1. The average molecular weight is 402 g/mol. The molecule has 1 unspecified atom stereocenters. The summed E-state index contributed by atoms with van der Waals surface area (Å²) >= 11 is 0. The molecular weight excluding hydrogens is 384 g/mol. The summed E-state index contributed by atoms with van der Waals surface area (Å²) in [6.45, 7) is 0. The van der Waals surface area contributed by atoms with E-state index in [4.69, 9.17) is 5.11 Å². The third-order valence-electron chi connectivity index (χ3n) is 5.19. The number of aromatic amines is 1. The number of pyridine rings is 1. The molecule has 1 amide bonds. The number of Topliss-reactive ketones (excluding diaryl/α,β-unsaturated/α-hetero) is 1. The zero-order chi connectivity index (χ0) is 21.3. The number of carbonyl (C=O) groups is 3. The maximum atomic E-state index is 12.7. The second kappa shape index (κ2) is 7.79. The predicted octanol–water partition coefficient (Wildman–Crippen LogP) is 3.24. The third kappa shape index (κ3) is 3.77. The summed E-state index contributed by atoms with van der Waals surface area (Å²) in [5, 5.41) is 11.6. The zero-order valence-corrected chi connectivity index (χ0v) is 15.8. The molecule has 0 saturated heterocycles. The molecule has 1 aromatic heterocycles. The second-order valence-corrected chi connectivity index (χ2v) is 7.18. The molecule has 7 nitrogen and oxygen atoms in total. The van der Waals surface area contributed by atoms with Crippen LogP contribution in [0, 0.1) is 0 Å². The Hall–Kier alpha value is -4.00. The van der Waals surface area contributed by atoms with Crippen LogP contribution >= 0.6 is 0 Å². The number of carboxylic acids is 1. The smallest absolute Gasteiger partial charge is 0.335 e. The number of ketones is 1. The number of carboxylic acid groups (broad SMARTS) is 1. The van der Waals surface area contributed by atoms with Crippen LogP contribution < -0.4 is 10.9 Å². The van der Waals surface area contributed by atoms with Gasteiger partial charge >= 0.3 is 5.97 Å². The molecule has 1 atom stereocenters. The first-order valence-electron chi connectivity index (χ1n) is 9.41. The number of hydrogen-bond donors (Lipinski definition) is 3. The minimum absolute atomic E-state index is 0.00859. The van der Waals surface area contributed by atoms with Crippen LogP contribution in [0.3, 0.4) is 0 Å². The summed E-state index contributed by atoms with van der Waals surface area (Å²) in [6, 6.07) is 16.6. The SMILES string of the molecule is O=C(O)c1cccc(NC(=O)c2cc3c([nH]c2=O)CC(c2ccccc2)CC3=O)c1. The summed E-state index contributed by atoms with van der Waals surface area (Å²) in [6.07, 6.45) is 0.799. The van der Waals surface area contributed by atoms with E-state index in [1.165, 1.54) is 30.3 Å². The van der Waals surface area contributed by atoms with Gasteiger partial charge in [0.2, 0.25) is 0 Å². The molecule has 150 valence electrons. The zero-order valence-electron chi connectivity index (χ0n) is 15.8. The molecule has 3 aromatic rings. The van der Waals surface area contributed by atoms with E-state index < -0.39 is 17.4 Å². The van der Waals surface area contributed by atoms with Crippen LogP contribution in [-0.2, 0) is 6.42 Å². The van der Waals surface area contributed by atoms with E-state index in [9.17, 15) is 19.2 Å². The van der Waals surface area contributed by atoms with Crippen molar-refractivity contribution in [2.24, 2.45) is 0 Å².